The van der Waals surface area contributed by atoms with Crippen molar-refractivity contribution in [2.24, 2.45) is 0 Å². The summed E-state index contributed by atoms with van der Waals surface area (Å²) in [6, 6.07) is 9.75. The highest BCUT2D eigenvalue weighted by Gasteiger charge is 2.16. The van der Waals surface area contributed by atoms with Gasteiger partial charge >= 0.3 is 5.97 Å². The molecule has 1 aromatic heterocycles. The Morgan fingerprint density at radius 2 is 2.09 bits per heavy atom. The largest absolute Gasteiger partial charge is 0.466 e. The van der Waals surface area contributed by atoms with Crippen molar-refractivity contribution in [2.45, 2.75) is 30.4 Å². The Kier molecular flexibility index (Phi) is 6.61. The number of amides is 1. The van der Waals surface area contributed by atoms with Crippen LogP contribution in [0.15, 0.2) is 40.6 Å². The molecule has 1 heterocycles. The van der Waals surface area contributed by atoms with Crippen LogP contribution in [0.2, 0.25) is 0 Å². The second-order valence-corrected chi connectivity index (χ2v) is 6.96. The van der Waals surface area contributed by atoms with Crippen LogP contribution >= 0.6 is 23.1 Å². The molecule has 1 N–H and O–H groups in total. The number of rotatable bonds is 7. The summed E-state index contributed by atoms with van der Waals surface area (Å²) in [6.07, 6.45) is 0.120. The van der Waals surface area contributed by atoms with Gasteiger partial charge in [0, 0.05) is 10.3 Å². The molecule has 122 valence electrons. The number of anilines is 1. The van der Waals surface area contributed by atoms with Crippen LogP contribution in [0.5, 0.6) is 0 Å². The number of ether oxygens (including phenoxy) is 1. The summed E-state index contributed by atoms with van der Waals surface area (Å²) in [7, 11) is 0. The predicted molar refractivity (Wildman–Crippen MR) is 92.8 cm³/mol. The molecule has 1 amide bonds. The molecule has 0 saturated heterocycles. The summed E-state index contributed by atoms with van der Waals surface area (Å²) < 4.78 is 4.88. The molecule has 1 atom stereocenters. The summed E-state index contributed by atoms with van der Waals surface area (Å²) in [5, 5.41) is 4.79. The highest BCUT2D eigenvalue weighted by molar-refractivity contribution is 8.00. The second kappa shape index (κ2) is 8.69. The molecule has 0 spiro atoms. The van der Waals surface area contributed by atoms with Gasteiger partial charge in [0.15, 0.2) is 5.13 Å². The molecule has 2 aromatic rings. The monoisotopic (exact) mass is 350 g/mol. The zero-order chi connectivity index (χ0) is 16.7. The molecule has 0 bridgehead atoms. The average Bonchev–Trinajstić information content (AvgIpc) is 2.95. The summed E-state index contributed by atoms with van der Waals surface area (Å²) >= 11 is 2.79. The van der Waals surface area contributed by atoms with Crippen LogP contribution in [-0.4, -0.2) is 28.7 Å². The number of esters is 1. The van der Waals surface area contributed by atoms with Gasteiger partial charge in [0.25, 0.3) is 0 Å². The van der Waals surface area contributed by atoms with Gasteiger partial charge in [-0.1, -0.05) is 18.2 Å². The molecule has 0 fully saturated rings. The first-order chi connectivity index (χ1) is 11.1. The fourth-order valence-corrected chi connectivity index (χ4v) is 3.37. The minimum atomic E-state index is -0.316. The average molecular weight is 350 g/mol. The van der Waals surface area contributed by atoms with Gasteiger partial charge in [-0.25, -0.2) is 4.98 Å². The summed E-state index contributed by atoms with van der Waals surface area (Å²) in [5.74, 6) is -0.431. The number of hydrogen-bond donors (Lipinski definition) is 1. The number of nitrogens with zero attached hydrogens (tertiary/aromatic N) is 1. The standard InChI is InChI=1S/C16H18N2O3S2/c1-3-21-14(19)9-12-10-22-16(17-12)18-15(20)11(2)23-13-7-5-4-6-8-13/h4-8,10-11H,3,9H2,1-2H3,(H,17,18,20). The number of aromatic nitrogens is 1. The number of nitrogens with one attached hydrogen (secondary N) is 1. The molecular formula is C16H18N2O3S2. The third kappa shape index (κ3) is 5.69. The lowest BCUT2D eigenvalue weighted by molar-refractivity contribution is -0.142. The van der Waals surface area contributed by atoms with Crippen LogP contribution in [0.4, 0.5) is 5.13 Å². The summed E-state index contributed by atoms with van der Waals surface area (Å²) in [5.41, 5.74) is 0.604. The van der Waals surface area contributed by atoms with Crippen molar-refractivity contribution in [3.8, 4) is 0 Å². The number of thioether (sulfide) groups is 1. The first-order valence-electron chi connectivity index (χ1n) is 7.21. The SMILES string of the molecule is CCOC(=O)Cc1csc(NC(=O)C(C)Sc2ccccc2)n1. The summed E-state index contributed by atoms with van der Waals surface area (Å²) in [6.45, 7) is 3.96. The van der Waals surface area contributed by atoms with E-state index in [1.807, 2.05) is 37.3 Å². The van der Waals surface area contributed by atoms with Crippen LogP contribution in [0.1, 0.15) is 19.5 Å². The number of hydrogen-bond acceptors (Lipinski definition) is 6. The van der Waals surface area contributed by atoms with E-state index in [2.05, 4.69) is 10.3 Å². The number of carbonyl (C=O) groups excluding carboxylic acids is 2. The van der Waals surface area contributed by atoms with Crippen molar-refractivity contribution in [3.63, 3.8) is 0 Å². The van der Waals surface area contributed by atoms with E-state index >= 15 is 0 Å². The number of carbonyl (C=O) groups is 2. The minimum absolute atomic E-state index is 0.115. The van der Waals surface area contributed by atoms with E-state index in [1.165, 1.54) is 23.1 Å². The van der Waals surface area contributed by atoms with Crippen molar-refractivity contribution in [1.82, 2.24) is 4.98 Å². The Morgan fingerprint density at radius 1 is 1.35 bits per heavy atom. The third-order valence-electron chi connectivity index (χ3n) is 2.84. The van der Waals surface area contributed by atoms with Gasteiger partial charge in [0.05, 0.1) is 24.0 Å². The molecule has 23 heavy (non-hydrogen) atoms. The maximum Gasteiger partial charge on any atom is 0.311 e. The van der Waals surface area contributed by atoms with Crippen molar-refractivity contribution in [2.75, 3.05) is 11.9 Å². The summed E-state index contributed by atoms with van der Waals surface area (Å²) in [4.78, 5) is 28.9. The lowest BCUT2D eigenvalue weighted by Gasteiger charge is -2.10. The van der Waals surface area contributed by atoms with Gasteiger partial charge in [0.2, 0.25) is 5.91 Å². The van der Waals surface area contributed by atoms with Gasteiger partial charge in [-0.3, -0.25) is 9.59 Å². The highest BCUT2D eigenvalue weighted by atomic mass is 32.2. The van der Waals surface area contributed by atoms with Gasteiger partial charge < -0.3 is 10.1 Å². The van der Waals surface area contributed by atoms with Gasteiger partial charge in [-0.15, -0.1) is 23.1 Å². The van der Waals surface area contributed by atoms with Crippen molar-refractivity contribution < 1.29 is 14.3 Å². The Morgan fingerprint density at radius 3 is 2.78 bits per heavy atom. The molecule has 0 radical (unpaired) electrons. The first-order valence-corrected chi connectivity index (χ1v) is 8.97. The van der Waals surface area contributed by atoms with E-state index in [-0.39, 0.29) is 23.5 Å². The van der Waals surface area contributed by atoms with E-state index in [1.54, 1.807) is 12.3 Å². The minimum Gasteiger partial charge on any atom is -0.466 e. The van der Waals surface area contributed by atoms with Crippen LogP contribution in [0.25, 0.3) is 0 Å². The van der Waals surface area contributed by atoms with E-state index in [9.17, 15) is 9.59 Å². The molecule has 2 rings (SSSR count). The van der Waals surface area contributed by atoms with Gasteiger partial charge in [-0.05, 0) is 26.0 Å². The van der Waals surface area contributed by atoms with E-state index in [0.29, 0.717) is 17.4 Å². The van der Waals surface area contributed by atoms with Crippen LogP contribution in [0, 0.1) is 0 Å². The topological polar surface area (TPSA) is 68.3 Å². The van der Waals surface area contributed by atoms with Gasteiger partial charge in [0.1, 0.15) is 0 Å². The molecule has 0 aliphatic heterocycles. The van der Waals surface area contributed by atoms with E-state index < -0.39 is 0 Å². The molecule has 7 heteroatoms. The third-order valence-corrected chi connectivity index (χ3v) is 4.76. The van der Waals surface area contributed by atoms with Crippen LogP contribution < -0.4 is 5.32 Å². The molecular weight excluding hydrogens is 332 g/mol. The highest BCUT2D eigenvalue weighted by Crippen LogP contribution is 2.24. The maximum atomic E-state index is 12.2. The molecule has 5 nitrogen and oxygen atoms in total. The van der Waals surface area contributed by atoms with Crippen molar-refractivity contribution in [3.05, 3.63) is 41.4 Å². The smallest absolute Gasteiger partial charge is 0.311 e. The predicted octanol–water partition coefficient (Wildman–Crippen LogP) is 3.37. The Bertz CT molecular complexity index is 658. The number of benzene rings is 1. The normalized spacial score (nSPS) is 11.7. The Balaban J connectivity index is 1.87. The van der Waals surface area contributed by atoms with Crippen LogP contribution in [0.3, 0.4) is 0 Å². The fraction of sp³-hybridized carbons (Fsp3) is 0.312. The number of thiazole rings is 1. The first kappa shape index (κ1) is 17.5. The molecule has 0 saturated carbocycles. The fourth-order valence-electron chi connectivity index (χ4n) is 1.77. The van der Waals surface area contributed by atoms with Crippen molar-refractivity contribution in [1.29, 1.82) is 0 Å². The quantitative estimate of drug-likeness (QED) is 0.612. The molecule has 1 aromatic carbocycles. The zero-order valence-electron chi connectivity index (χ0n) is 12.9. The maximum absolute atomic E-state index is 12.2. The van der Waals surface area contributed by atoms with E-state index in [0.717, 1.165) is 4.90 Å². The molecule has 0 aliphatic rings. The lowest BCUT2D eigenvalue weighted by Crippen LogP contribution is -2.22. The second-order valence-electron chi connectivity index (χ2n) is 4.69. The molecule has 1 unspecified atom stereocenters. The zero-order valence-corrected chi connectivity index (χ0v) is 14.6. The van der Waals surface area contributed by atoms with Gasteiger partial charge in [-0.2, -0.15) is 0 Å². The Hall–Kier alpha value is -1.86. The van der Waals surface area contributed by atoms with E-state index in [4.69, 9.17) is 4.74 Å². The van der Waals surface area contributed by atoms with Crippen molar-refractivity contribution >= 4 is 40.1 Å². The lowest BCUT2D eigenvalue weighted by atomic mass is 10.3. The molecule has 0 aliphatic carbocycles. The Labute approximate surface area is 143 Å². The van der Waals surface area contributed by atoms with Crippen LogP contribution in [-0.2, 0) is 20.7 Å².